The molecule has 2 aromatic rings. The third kappa shape index (κ3) is 3.13. The summed E-state index contributed by atoms with van der Waals surface area (Å²) in [5, 5.41) is 8.96. The summed E-state index contributed by atoms with van der Waals surface area (Å²) < 4.78 is 10.8. The number of pyridine rings is 1. The first-order valence-electron chi connectivity index (χ1n) is 7.78. The van der Waals surface area contributed by atoms with Gasteiger partial charge in [-0.2, -0.15) is 0 Å². The van der Waals surface area contributed by atoms with Gasteiger partial charge < -0.3 is 19.5 Å². The molecule has 2 heterocycles. The highest BCUT2D eigenvalue weighted by atomic mass is 16.5. The molecule has 1 fully saturated rings. The molecule has 0 radical (unpaired) electrons. The number of aromatic carboxylic acids is 1. The lowest BCUT2D eigenvalue weighted by Gasteiger charge is -2.19. The summed E-state index contributed by atoms with van der Waals surface area (Å²) in [6.07, 6.45) is 2.38. The maximum Gasteiger partial charge on any atom is 0.337 e. The summed E-state index contributed by atoms with van der Waals surface area (Å²) in [6.45, 7) is 1.67. The smallest absolute Gasteiger partial charge is 0.337 e. The van der Waals surface area contributed by atoms with Crippen LogP contribution >= 0.6 is 0 Å². The van der Waals surface area contributed by atoms with Crippen LogP contribution in [0.3, 0.4) is 0 Å². The van der Waals surface area contributed by atoms with Crippen LogP contribution < -0.4 is 14.4 Å². The zero-order valence-electron chi connectivity index (χ0n) is 13.7. The Bertz CT molecular complexity index is 730. The molecule has 1 N–H and O–H groups in total. The van der Waals surface area contributed by atoms with Crippen molar-refractivity contribution in [2.24, 2.45) is 0 Å². The number of ether oxygens (including phenoxy) is 2. The number of methoxy groups -OCH3 is 2. The van der Waals surface area contributed by atoms with E-state index in [-0.39, 0.29) is 5.56 Å². The molecule has 0 aliphatic carbocycles. The number of nitrogens with zero attached hydrogens (tertiary/aromatic N) is 2. The molecule has 1 aromatic carbocycles. The van der Waals surface area contributed by atoms with E-state index in [2.05, 4.69) is 9.88 Å². The van der Waals surface area contributed by atoms with E-state index in [1.54, 1.807) is 26.4 Å². The van der Waals surface area contributed by atoms with E-state index in [0.29, 0.717) is 5.92 Å². The van der Waals surface area contributed by atoms with Crippen molar-refractivity contribution in [3.8, 4) is 11.5 Å². The van der Waals surface area contributed by atoms with E-state index in [1.165, 1.54) is 6.20 Å². The lowest BCUT2D eigenvalue weighted by Crippen LogP contribution is -2.20. The van der Waals surface area contributed by atoms with E-state index in [0.717, 1.165) is 42.4 Å². The number of hydrogen-bond acceptors (Lipinski definition) is 5. The minimum absolute atomic E-state index is 0.198. The van der Waals surface area contributed by atoms with Gasteiger partial charge in [0.2, 0.25) is 0 Å². The Morgan fingerprint density at radius 1 is 1.25 bits per heavy atom. The highest BCUT2D eigenvalue weighted by molar-refractivity contribution is 5.87. The van der Waals surface area contributed by atoms with Crippen molar-refractivity contribution in [1.29, 1.82) is 0 Å². The third-order valence-corrected chi connectivity index (χ3v) is 4.38. The normalized spacial score (nSPS) is 16.9. The SMILES string of the molecule is COc1ccc(OC)c([C@H]2CCN(c3ccc(C(=O)O)cn3)C2)c1. The number of carboxylic acids is 1. The fourth-order valence-electron chi connectivity index (χ4n) is 3.08. The largest absolute Gasteiger partial charge is 0.497 e. The summed E-state index contributed by atoms with van der Waals surface area (Å²) in [7, 11) is 3.32. The van der Waals surface area contributed by atoms with Crippen LogP contribution in [0.4, 0.5) is 5.82 Å². The van der Waals surface area contributed by atoms with E-state index in [9.17, 15) is 4.79 Å². The molecule has 1 saturated heterocycles. The minimum Gasteiger partial charge on any atom is -0.497 e. The molecule has 126 valence electrons. The van der Waals surface area contributed by atoms with Crippen LogP contribution in [0.2, 0.25) is 0 Å². The number of carboxylic acid groups (broad SMARTS) is 1. The van der Waals surface area contributed by atoms with Crippen molar-refractivity contribution in [2.75, 3.05) is 32.2 Å². The van der Waals surface area contributed by atoms with Crippen LogP contribution in [0.1, 0.15) is 28.3 Å². The minimum atomic E-state index is -0.963. The van der Waals surface area contributed by atoms with E-state index < -0.39 is 5.97 Å². The number of anilines is 1. The zero-order chi connectivity index (χ0) is 17.1. The second-order valence-electron chi connectivity index (χ2n) is 5.75. The Labute approximate surface area is 140 Å². The van der Waals surface area contributed by atoms with Crippen molar-refractivity contribution in [2.45, 2.75) is 12.3 Å². The summed E-state index contributed by atoms with van der Waals surface area (Å²) >= 11 is 0. The van der Waals surface area contributed by atoms with Gasteiger partial charge in [0.25, 0.3) is 0 Å². The van der Waals surface area contributed by atoms with Gasteiger partial charge in [-0.1, -0.05) is 0 Å². The Morgan fingerprint density at radius 3 is 2.71 bits per heavy atom. The predicted molar refractivity (Wildman–Crippen MR) is 90.3 cm³/mol. The maximum atomic E-state index is 10.9. The van der Waals surface area contributed by atoms with Crippen LogP contribution in [0, 0.1) is 0 Å². The molecule has 3 rings (SSSR count). The first kappa shape index (κ1) is 16.1. The molecule has 0 unspecified atom stereocenters. The van der Waals surface area contributed by atoms with Gasteiger partial charge in [-0.3, -0.25) is 0 Å². The summed E-state index contributed by atoms with van der Waals surface area (Å²) in [6, 6.07) is 9.19. The molecule has 24 heavy (non-hydrogen) atoms. The van der Waals surface area contributed by atoms with Crippen molar-refractivity contribution < 1.29 is 19.4 Å². The van der Waals surface area contributed by atoms with Crippen molar-refractivity contribution in [1.82, 2.24) is 4.98 Å². The molecule has 0 saturated carbocycles. The summed E-state index contributed by atoms with van der Waals surface area (Å²) in [4.78, 5) is 17.4. The first-order valence-corrected chi connectivity index (χ1v) is 7.78. The second-order valence-corrected chi connectivity index (χ2v) is 5.75. The molecule has 0 amide bonds. The van der Waals surface area contributed by atoms with Crippen LogP contribution in [-0.2, 0) is 0 Å². The van der Waals surface area contributed by atoms with E-state index in [4.69, 9.17) is 14.6 Å². The lowest BCUT2D eigenvalue weighted by molar-refractivity contribution is 0.0696. The summed E-state index contributed by atoms with van der Waals surface area (Å²) in [5.41, 5.74) is 1.32. The Kier molecular flexibility index (Phi) is 4.55. The zero-order valence-corrected chi connectivity index (χ0v) is 13.7. The third-order valence-electron chi connectivity index (χ3n) is 4.38. The van der Waals surface area contributed by atoms with Gasteiger partial charge in [0.05, 0.1) is 19.8 Å². The highest BCUT2D eigenvalue weighted by Crippen LogP contribution is 2.37. The highest BCUT2D eigenvalue weighted by Gasteiger charge is 2.27. The number of aromatic nitrogens is 1. The molecule has 1 aromatic heterocycles. The van der Waals surface area contributed by atoms with Gasteiger partial charge >= 0.3 is 5.97 Å². The average molecular weight is 328 g/mol. The van der Waals surface area contributed by atoms with E-state index in [1.807, 2.05) is 18.2 Å². The number of benzene rings is 1. The van der Waals surface area contributed by atoms with Crippen molar-refractivity contribution in [3.63, 3.8) is 0 Å². The lowest BCUT2D eigenvalue weighted by atomic mass is 9.97. The fraction of sp³-hybridized carbons (Fsp3) is 0.333. The van der Waals surface area contributed by atoms with Gasteiger partial charge in [0.15, 0.2) is 0 Å². The molecular formula is C18H20N2O4. The predicted octanol–water partition coefficient (Wildman–Crippen LogP) is 2.79. The van der Waals surface area contributed by atoms with Gasteiger partial charge in [-0.05, 0) is 36.8 Å². The Balaban J connectivity index is 1.79. The molecule has 0 bridgehead atoms. The van der Waals surface area contributed by atoms with Gasteiger partial charge in [-0.25, -0.2) is 9.78 Å². The quantitative estimate of drug-likeness (QED) is 0.910. The monoisotopic (exact) mass is 328 g/mol. The van der Waals surface area contributed by atoms with Gasteiger partial charge in [-0.15, -0.1) is 0 Å². The maximum absolute atomic E-state index is 10.9. The van der Waals surface area contributed by atoms with Crippen LogP contribution in [0.5, 0.6) is 11.5 Å². The molecular weight excluding hydrogens is 308 g/mol. The number of hydrogen-bond donors (Lipinski definition) is 1. The summed E-state index contributed by atoms with van der Waals surface area (Å²) in [5.74, 6) is 1.82. The standard InChI is InChI=1S/C18H20N2O4/c1-23-14-4-5-16(24-2)15(9-14)13-7-8-20(11-13)17-6-3-12(10-19-17)18(21)22/h3-6,9-10,13H,7-8,11H2,1-2H3,(H,21,22)/t13-/m0/s1. The first-order chi connectivity index (χ1) is 11.6. The van der Waals surface area contributed by atoms with Gasteiger partial charge in [0, 0.05) is 30.8 Å². The number of carbonyl (C=O) groups is 1. The Hall–Kier alpha value is -2.76. The molecule has 6 nitrogen and oxygen atoms in total. The van der Waals surface area contributed by atoms with Crippen LogP contribution in [0.15, 0.2) is 36.5 Å². The molecule has 1 atom stereocenters. The van der Waals surface area contributed by atoms with Crippen molar-refractivity contribution >= 4 is 11.8 Å². The van der Waals surface area contributed by atoms with Gasteiger partial charge in [0.1, 0.15) is 17.3 Å². The molecule has 6 heteroatoms. The van der Waals surface area contributed by atoms with Crippen molar-refractivity contribution in [3.05, 3.63) is 47.7 Å². The second kappa shape index (κ2) is 6.78. The fourth-order valence-corrected chi connectivity index (χ4v) is 3.08. The van der Waals surface area contributed by atoms with E-state index >= 15 is 0 Å². The molecule has 1 aliphatic heterocycles. The molecule has 0 spiro atoms. The Morgan fingerprint density at radius 2 is 2.08 bits per heavy atom. The average Bonchev–Trinajstić information content (AvgIpc) is 3.11. The number of rotatable bonds is 5. The van der Waals surface area contributed by atoms with Crippen LogP contribution in [0.25, 0.3) is 0 Å². The van der Waals surface area contributed by atoms with Crippen LogP contribution in [-0.4, -0.2) is 43.4 Å². The topological polar surface area (TPSA) is 71.9 Å². The molecule has 1 aliphatic rings.